The lowest BCUT2D eigenvalue weighted by Gasteiger charge is -2.46. The number of hydrogen-bond donors (Lipinski definition) is 2. The van der Waals surface area contributed by atoms with Gasteiger partial charge < -0.3 is 15.3 Å². The predicted molar refractivity (Wildman–Crippen MR) is 94.6 cm³/mol. The van der Waals surface area contributed by atoms with E-state index >= 15 is 0 Å². The van der Waals surface area contributed by atoms with Gasteiger partial charge in [-0.2, -0.15) is 0 Å². The van der Waals surface area contributed by atoms with Crippen LogP contribution in [0.25, 0.3) is 0 Å². The number of aliphatic hydroxyl groups is 1. The molecular formula is C18H22N6O3. The molecule has 1 spiro atoms. The molecule has 2 atom stereocenters. The first-order valence-corrected chi connectivity index (χ1v) is 9.14. The molecule has 2 N–H and O–H groups in total. The van der Waals surface area contributed by atoms with Crippen LogP contribution in [-0.2, 0) is 11.3 Å². The fourth-order valence-corrected chi connectivity index (χ4v) is 3.99. The Hall–Kier alpha value is -2.81. The highest BCUT2D eigenvalue weighted by Gasteiger charge is 2.50. The SMILES string of the molecule is O=C(c1ccc(Cn2cnnn2)cc1)N1CC[C@H](O)[C@@]2(CCCNC2=O)C1. The van der Waals surface area contributed by atoms with Crippen LogP contribution in [0.1, 0.15) is 35.2 Å². The van der Waals surface area contributed by atoms with Crippen LogP contribution in [0.4, 0.5) is 0 Å². The highest BCUT2D eigenvalue weighted by molar-refractivity contribution is 5.95. The number of rotatable bonds is 3. The highest BCUT2D eigenvalue weighted by Crippen LogP contribution is 2.37. The van der Waals surface area contributed by atoms with Crippen molar-refractivity contribution < 1.29 is 14.7 Å². The molecule has 4 rings (SSSR count). The van der Waals surface area contributed by atoms with Crippen molar-refractivity contribution in [3.8, 4) is 0 Å². The number of nitrogens with zero attached hydrogens (tertiary/aromatic N) is 5. The van der Waals surface area contributed by atoms with Gasteiger partial charge in [-0.25, -0.2) is 4.68 Å². The maximum Gasteiger partial charge on any atom is 0.253 e. The summed E-state index contributed by atoms with van der Waals surface area (Å²) in [6, 6.07) is 7.30. The number of tetrazole rings is 1. The number of benzene rings is 1. The van der Waals surface area contributed by atoms with Gasteiger partial charge in [-0.05, 0) is 47.4 Å². The van der Waals surface area contributed by atoms with E-state index in [4.69, 9.17) is 0 Å². The maximum absolute atomic E-state index is 12.9. The second-order valence-corrected chi connectivity index (χ2v) is 7.25. The van der Waals surface area contributed by atoms with Gasteiger partial charge in [-0.15, -0.1) is 5.10 Å². The van der Waals surface area contributed by atoms with Gasteiger partial charge in [-0.1, -0.05) is 12.1 Å². The number of carbonyl (C=O) groups is 2. The minimum Gasteiger partial charge on any atom is -0.392 e. The number of carbonyl (C=O) groups excluding carboxylic acids is 2. The van der Waals surface area contributed by atoms with Crippen LogP contribution >= 0.6 is 0 Å². The molecule has 2 saturated heterocycles. The lowest BCUT2D eigenvalue weighted by Crippen LogP contribution is -2.62. The van der Waals surface area contributed by atoms with Gasteiger partial charge in [0.15, 0.2) is 0 Å². The Kier molecular flexibility index (Phi) is 4.61. The van der Waals surface area contributed by atoms with Crippen molar-refractivity contribution in [2.75, 3.05) is 19.6 Å². The summed E-state index contributed by atoms with van der Waals surface area (Å²) in [6.07, 6.45) is 2.66. The zero-order valence-electron chi connectivity index (χ0n) is 14.9. The van der Waals surface area contributed by atoms with Gasteiger partial charge in [-0.3, -0.25) is 9.59 Å². The molecule has 27 heavy (non-hydrogen) atoms. The Bertz CT molecular complexity index is 822. The quantitative estimate of drug-likeness (QED) is 0.775. The fraction of sp³-hybridized carbons (Fsp3) is 0.500. The second kappa shape index (κ2) is 7.07. The standard InChI is InChI=1S/C18H22N6O3/c25-15-6-9-23(11-18(15)7-1-8-19-17(18)27)16(26)14-4-2-13(3-5-14)10-24-12-20-21-22-24/h2-5,12,15,25H,1,6-11H2,(H,19,27)/t15-,18+/m0/s1. The van der Waals surface area contributed by atoms with E-state index in [1.165, 1.54) is 6.33 Å². The zero-order chi connectivity index (χ0) is 18.9. The maximum atomic E-state index is 12.9. The van der Waals surface area contributed by atoms with Crippen LogP contribution in [0.2, 0.25) is 0 Å². The fourth-order valence-electron chi connectivity index (χ4n) is 3.99. The molecule has 9 heteroatoms. The van der Waals surface area contributed by atoms with Gasteiger partial charge in [0.25, 0.3) is 5.91 Å². The minimum atomic E-state index is -0.883. The molecule has 1 aromatic heterocycles. The van der Waals surface area contributed by atoms with E-state index in [1.54, 1.807) is 21.7 Å². The molecular weight excluding hydrogens is 348 g/mol. The molecule has 1 aromatic carbocycles. The average Bonchev–Trinajstić information content (AvgIpc) is 3.19. The van der Waals surface area contributed by atoms with Crippen molar-refractivity contribution in [2.45, 2.75) is 31.9 Å². The normalized spacial score (nSPS) is 25.4. The molecule has 2 amide bonds. The summed E-state index contributed by atoms with van der Waals surface area (Å²) < 4.78 is 1.61. The summed E-state index contributed by atoms with van der Waals surface area (Å²) in [4.78, 5) is 27.1. The van der Waals surface area contributed by atoms with E-state index in [0.717, 1.165) is 12.0 Å². The van der Waals surface area contributed by atoms with Crippen LogP contribution < -0.4 is 5.32 Å². The van der Waals surface area contributed by atoms with E-state index in [2.05, 4.69) is 20.8 Å². The van der Waals surface area contributed by atoms with Gasteiger partial charge in [0.1, 0.15) is 6.33 Å². The van der Waals surface area contributed by atoms with Crippen LogP contribution in [0.15, 0.2) is 30.6 Å². The van der Waals surface area contributed by atoms with E-state index in [-0.39, 0.29) is 18.4 Å². The molecule has 2 fully saturated rings. The first kappa shape index (κ1) is 17.6. The first-order valence-electron chi connectivity index (χ1n) is 9.14. The number of piperidine rings is 2. The minimum absolute atomic E-state index is 0.117. The lowest BCUT2D eigenvalue weighted by molar-refractivity contribution is -0.147. The van der Waals surface area contributed by atoms with Crippen LogP contribution in [-0.4, -0.2) is 67.8 Å². The number of hydrogen-bond acceptors (Lipinski definition) is 6. The summed E-state index contributed by atoms with van der Waals surface area (Å²) in [5.41, 5.74) is 0.668. The van der Waals surface area contributed by atoms with Crippen molar-refractivity contribution in [1.29, 1.82) is 0 Å². The Morgan fingerprint density at radius 2 is 2.15 bits per heavy atom. The summed E-state index contributed by atoms with van der Waals surface area (Å²) in [5.74, 6) is -0.260. The summed E-state index contributed by atoms with van der Waals surface area (Å²) in [6.45, 7) is 1.86. The highest BCUT2D eigenvalue weighted by atomic mass is 16.3. The molecule has 2 aromatic rings. The molecule has 2 aliphatic heterocycles. The Morgan fingerprint density at radius 3 is 2.85 bits per heavy atom. The van der Waals surface area contributed by atoms with Gasteiger partial charge in [0.05, 0.1) is 18.1 Å². The molecule has 9 nitrogen and oxygen atoms in total. The molecule has 0 radical (unpaired) electrons. The number of nitrogens with one attached hydrogen (secondary N) is 1. The third kappa shape index (κ3) is 3.30. The number of aromatic nitrogens is 4. The van der Waals surface area contributed by atoms with Crippen molar-refractivity contribution in [3.63, 3.8) is 0 Å². The topological polar surface area (TPSA) is 113 Å². The van der Waals surface area contributed by atoms with Crippen molar-refractivity contribution in [3.05, 3.63) is 41.7 Å². The van der Waals surface area contributed by atoms with E-state index in [0.29, 0.717) is 38.0 Å². The Labute approximate surface area is 156 Å². The molecule has 2 aliphatic rings. The van der Waals surface area contributed by atoms with Crippen LogP contribution in [0.5, 0.6) is 0 Å². The summed E-state index contributed by atoms with van der Waals surface area (Å²) in [5, 5.41) is 24.3. The van der Waals surface area contributed by atoms with E-state index < -0.39 is 11.5 Å². The molecule has 3 heterocycles. The summed E-state index contributed by atoms with van der Waals surface area (Å²) >= 11 is 0. The third-order valence-corrected chi connectivity index (χ3v) is 5.54. The number of likely N-dealkylation sites (tertiary alicyclic amines) is 1. The van der Waals surface area contributed by atoms with Crippen molar-refractivity contribution in [1.82, 2.24) is 30.4 Å². The smallest absolute Gasteiger partial charge is 0.253 e. The molecule has 0 saturated carbocycles. The van der Waals surface area contributed by atoms with E-state index in [9.17, 15) is 14.7 Å². The van der Waals surface area contributed by atoms with Crippen LogP contribution in [0, 0.1) is 5.41 Å². The molecule has 0 aliphatic carbocycles. The predicted octanol–water partition coefficient (Wildman–Crippen LogP) is -0.175. The monoisotopic (exact) mass is 370 g/mol. The van der Waals surface area contributed by atoms with Crippen molar-refractivity contribution in [2.24, 2.45) is 5.41 Å². The third-order valence-electron chi connectivity index (χ3n) is 5.54. The molecule has 142 valence electrons. The zero-order valence-corrected chi connectivity index (χ0v) is 14.9. The Morgan fingerprint density at radius 1 is 1.33 bits per heavy atom. The number of amides is 2. The summed E-state index contributed by atoms with van der Waals surface area (Å²) in [7, 11) is 0. The molecule has 0 bridgehead atoms. The second-order valence-electron chi connectivity index (χ2n) is 7.25. The lowest BCUT2D eigenvalue weighted by atomic mass is 9.71. The number of aliphatic hydroxyl groups excluding tert-OH is 1. The van der Waals surface area contributed by atoms with E-state index in [1.807, 2.05) is 12.1 Å². The first-order chi connectivity index (χ1) is 13.1. The Balaban J connectivity index is 1.48. The molecule has 0 unspecified atom stereocenters. The average molecular weight is 370 g/mol. The van der Waals surface area contributed by atoms with Gasteiger partial charge >= 0.3 is 0 Å². The van der Waals surface area contributed by atoms with Gasteiger partial charge in [0, 0.05) is 25.2 Å². The van der Waals surface area contributed by atoms with Crippen LogP contribution in [0.3, 0.4) is 0 Å². The van der Waals surface area contributed by atoms with Crippen molar-refractivity contribution >= 4 is 11.8 Å². The van der Waals surface area contributed by atoms with Gasteiger partial charge in [0.2, 0.25) is 5.91 Å². The largest absolute Gasteiger partial charge is 0.392 e.